The number of nitrogens with zero attached hydrogens (tertiary/aromatic N) is 2. The van der Waals surface area contributed by atoms with Gasteiger partial charge in [0.15, 0.2) is 0 Å². The third kappa shape index (κ3) is 1.93. The lowest BCUT2D eigenvalue weighted by Crippen LogP contribution is -2.45. The summed E-state index contributed by atoms with van der Waals surface area (Å²) in [6, 6.07) is 2.85. The van der Waals surface area contributed by atoms with Crippen LogP contribution in [0.5, 0.6) is 0 Å². The quantitative estimate of drug-likeness (QED) is 0.920. The van der Waals surface area contributed by atoms with E-state index >= 15 is 0 Å². The smallest absolute Gasteiger partial charge is 0.270 e. The van der Waals surface area contributed by atoms with Crippen molar-refractivity contribution in [2.75, 3.05) is 13.1 Å². The number of amides is 1. The van der Waals surface area contributed by atoms with Gasteiger partial charge in [0, 0.05) is 42.1 Å². The second-order valence-electron chi connectivity index (χ2n) is 5.95. The second-order valence-corrected chi connectivity index (χ2v) is 6.69. The number of fused-ring (bicyclic) bond motifs is 3. The molecule has 4 unspecified atom stereocenters. The molecule has 2 aliphatic rings. The molecule has 2 aromatic rings. The number of pyridine rings is 1. The van der Waals surface area contributed by atoms with Gasteiger partial charge in [-0.25, -0.2) is 0 Å². The van der Waals surface area contributed by atoms with E-state index in [1.54, 1.807) is 17.5 Å². The minimum absolute atomic E-state index is 0.0375. The molecule has 4 rings (SSSR count). The molecule has 0 saturated carbocycles. The maximum Gasteiger partial charge on any atom is 0.270 e. The van der Waals surface area contributed by atoms with E-state index in [-0.39, 0.29) is 5.91 Å². The van der Waals surface area contributed by atoms with Crippen molar-refractivity contribution in [3.8, 4) is 0 Å². The van der Waals surface area contributed by atoms with E-state index in [0.717, 1.165) is 23.9 Å². The van der Waals surface area contributed by atoms with Crippen molar-refractivity contribution in [3.05, 3.63) is 28.7 Å². The van der Waals surface area contributed by atoms with E-state index in [0.29, 0.717) is 23.7 Å². The van der Waals surface area contributed by atoms with Crippen LogP contribution in [0.1, 0.15) is 23.8 Å². The topological polar surface area (TPSA) is 45.2 Å². The molecule has 0 aliphatic carbocycles. The Morgan fingerprint density at radius 2 is 2.25 bits per heavy atom. The standard InChI is InChI=1S/C15H17N3OS/c1-9-2-10-5-18(9)6-14(10)17-15(19)13-3-11-7-20-8-12(11)4-16-13/h3-4,7-10,14H,2,5-6H2,1H3,(H,17,19). The van der Waals surface area contributed by atoms with Gasteiger partial charge in [-0.2, -0.15) is 11.3 Å². The second kappa shape index (κ2) is 4.53. The Balaban J connectivity index is 1.50. The molecule has 20 heavy (non-hydrogen) atoms. The van der Waals surface area contributed by atoms with Crippen LogP contribution in [0.4, 0.5) is 0 Å². The number of carbonyl (C=O) groups excluding carboxylic acids is 1. The number of carbonyl (C=O) groups is 1. The Labute approximate surface area is 121 Å². The molecule has 2 fully saturated rings. The van der Waals surface area contributed by atoms with Crippen molar-refractivity contribution in [1.29, 1.82) is 0 Å². The first-order chi connectivity index (χ1) is 9.70. The summed E-state index contributed by atoms with van der Waals surface area (Å²) in [6.07, 6.45) is 2.98. The lowest BCUT2D eigenvalue weighted by Gasteiger charge is -2.27. The molecule has 5 heteroatoms. The molecule has 104 valence electrons. The third-order valence-electron chi connectivity index (χ3n) is 4.64. The number of rotatable bonds is 2. The molecule has 0 aromatic carbocycles. The molecule has 1 amide bonds. The van der Waals surface area contributed by atoms with Crippen molar-refractivity contribution in [1.82, 2.24) is 15.2 Å². The van der Waals surface area contributed by atoms with Gasteiger partial charge in [-0.1, -0.05) is 0 Å². The summed E-state index contributed by atoms with van der Waals surface area (Å²) in [5.74, 6) is 0.573. The van der Waals surface area contributed by atoms with Gasteiger partial charge in [-0.3, -0.25) is 14.7 Å². The largest absolute Gasteiger partial charge is 0.346 e. The molecule has 2 saturated heterocycles. The Kier molecular flexibility index (Phi) is 2.79. The first-order valence-electron chi connectivity index (χ1n) is 7.07. The highest BCUT2D eigenvalue weighted by Crippen LogP contribution is 2.33. The summed E-state index contributed by atoms with van der Waals surface area (Å²) in [5, 5.41) is 9.47. The summed E-state index contributed by atoms with van der Waals surface area (Å²) in [5.41, 5.74) is 0.529. The maximum absolute atomic E-state index is 12.3. The Hall–Kier alpha value is -1.46. The van der Waals surface area contributed by atoms with Crippen LogP contribution in [0.3, 0.4) is 0 Å². The summed E-state index contributed by atoms with van der Waals surface area (Å²) in [6.45, 7) is 4.38. The van der Waals surface area contributed by atoms with E-state index in [1.807, 2.05) is 6.07 Å². The van der Waals surface area contributed by atoms with Gasteiger partial charge < -0.3 is 5.32 Å². The normalized spacial score (nSPS) is 31.9. The van der Waals surface area contributed by atoms with Crippen molar-refractivity contribution < 1.29 is 4.79 Å². The van der Waals surface area contributed by atoms with E-state index in [4.69, 9.17) is 0 Å². The average molecular weight is 287 g/mol. The fourth-order valence-electron chi connectivity index (χ4n) is 3.48. The van der Waals surface area contributed by atoms with Gasteiger partial charge in [0.2, 0.25) is 0 Å². The van der Waals surface area contributed by atoms with Crippen LogP contribution in [0.25, 0.3) is 10.8 Å². The van der Waals surface area contributed by atoms with Gasteiger partial charge >= 0.3 is 0 Å². The lowest BCUT2D eigenvalue weighted by molar-refractivity contribution is 0.0914. The zero-order valence-electron chi connectivity index (χ0n) is 11.4. The predicted molar refractivity (Wildman–Crippen MR) is 80.0 cm³/mol. The monoisotopic (exact) mass is 287 g/mol. The van der Waals surface area contributed by atoms with Gasteiger partial charge in [-0.15, -0.1) is 0 Å². The number of nitrogens with one attached hydrogen (secondary N) is 1. The Morgan fingerprint density at radius 1 is 1.40 bits per heavy atom. The Morgan fingerprint density at radius 3 is 3.00 bits per heavy atom. The summed E-state index contributed by atoms with van der Waals surface area (Å²) >= 11 is 1.64. The van der Waals surface area contributed by atoms with Crippen molar-refractivity contribution in [2.45, 2.75) is 25.4 Å². The molecule has 4 atom stereocenters. The number of piperidine rings is 1. The molecular formula is C15H17N3OS. The molecule has 0 radical (unpaired) electrons. The van der Waals surface area contributed by atoms with Crippen LogP contribution >= 0.6 is 11.3 Å². The number of hydrogen-bond donors (Lipinski definition) is 1. The molecular weight excluding hydrogens is 270 g/mol. The highest BCUT2D eigenvalue weighted by molar-refractivity contribution is 7.09. The SMILES string of the molecule is CC1CC2CN1CC2NC(=O)c1cc2cscc2cn1. The van der Waals surface area contributed by atoms with Gasteiger partial charge in [-0.05, 0) is 36.1 Å². The third-order valence-corrected chi connectivity index (χ3v) is 5.42. The predicted octanol–water partition coefficient (Wildman–Crippen LogP) is 2.12. The van der Waals surface area contributed by atoms with Gasteiger partial charge in [0.05, 0.1) is 0 Å². The van der Waals surface area contributed by atoms with E-state index in [1.165, 1.54) is 6.42 Å². The first kappa shape index (κ1) is 12.3. The number of thiophene rings is 1. The van der Waals surface area contributed by atoms with Crippen LogP contribution in [-0.4, -0.2) is 41.0 Å². The van der Waals surface area contributed by atoms with E-state index in [2.05, 4.69) is 32.9 Å². The van der Waals surface area contributed by atoms with E-state index in [9.17, 15) is 4.79 Å². The fourth-order valence-corrected chi connectivity index (χ4v) is 4.25. The molecule has 1 N–H and O–H groups in total. The molecule has 4 heterocycles. The molecule has 2 aromatic heterocycles. The first-order valence-corrected chi connectivity index (χ1v) is 8.02. The van der Waals surface area contributed by atoms with Crippen LogP contribution in [0.2, 0.25) is 0 Å². The zero-order chi connectivity index (χ0) is 13.7. The summed E-state index contributed by atoms with van der Waals surface area (Å²) in [7, 11) is 0. The fraction of sp³-hybridized carbons (Fsp3) is 0.467. The average Bonchev–Trinajstić information content (AvgIpc) is 3.12. The van der Waals surface area contributed by atoms with Gasteiger partial charge in [0.25, 0.3) is 5.91 Å². The van der Waals surface area contributed by atoms with E-state index < -0.39 is 0 Å². The molecule has 4 nitrogen and oxygen atoms in total. The minimum atomic E-state index is -0.0375. The minimum Gasteiger partial charge on any atom is -0.346 e. The maximum atomic E-state index is 12.3. The number of aromatic nitrogens is 1. The van der Waals surface area contributed by atoms with Crippen molar-refractivity contribution >= 4 is 28.0 Å². The van der Waals surface area contributed by atoms with Crippen molar-refractivity contribution in [3.63, 3.8) is 0 Å². The van der Waals surface area contributed by atoms with Crippen LogP contribution < -0.4 is 5.32 Å². The zero-order valence-corrected chi connectivity index (χ0v) is 12.2. The highest BCUT2D eigenvalue weighted by Gasteiger charge is 2.42. The molecule has 2 aliphatic heterocycles. The van der Waals surface area contributed by atoms with Crippen molar-refractivity contribution in [2.24, 2.45) is 5.92 Å². The number of hydrogen-bond acceptors (Lipinski definition) is 4. The van der Waals surface area contributed by atoms with Gasteiger partial charge in [0.1, 0.15) is 5.69 Å². The van der Waals surface area contributed by atoms with Crippen LogP contribution in [-0.2, 0) is 0 Å². The van der Waals surface area contributed by atoms with Crippen LogP contribution in [0, 0.1) is 5.92 Å². The summed E-state index contributed by atoms with van der Waals surface area (Å²) < 4.78 is 0. The molecule has 0 spiro atoms. The van der Waals surface area contributed by atoms with Crippen LogP contribution in [0.15, 0.2) is 23.0 Å². The lowest BCUT2D eigenvalue weighted by atomic mass is 9.96. The molecule has 2 bridgehead atoms. The summed E-state index contributed by atoms with van der Waals surface area (Å²) in [4.78, 5) is 19.1. The highest BCUT2D eigenvalue weighted by atomic mass is 32.1. The Bertz CT molecular complexity index is 666.